The van der Waals surface area contributed by atoms with E-state index in [9.17, 15) is 0 Å². The molecule has 5 heteroatoms. The fourth-order valence-corrected chi connectivity index (χ4v) is 3.10. The van der Waals surface area contributed by atoms with Gasteiger partial charge < -0.3 is 9.88 Å². The summed E-state index contributed by atoms with van der Waals surface area (Å²) in [5.41, 5.74) is 4.65. The maximum Gasteiger partial charge on any atom is 0.164 e. The Morgan fingerprint density at radius 1 is 1.16 bits per heavy atom. The number of hydrogen-bond acceptors (Lipinski definition) is 4. The Kier molecular flexibility index (Phi) is 4.22. The van der Waals surface area contributed by atoms with Crippen LogP contribution in [0.3, 0.4) is 0 Å². The van der Waals surface area contributed by atoms with E-state index in [1.54, 1.807) is 6.33 Å². The van der Waals surface area contributed by atoms with Crippen LogP contribution >= 0.6 is 0 Å². The number of nitrogens with one attached hydrogen (secondary N) is 1. The molecule has 25 heavy (non-hydrogen) atoms. The van der Waals surface area contributed by atoms with Gasteiger partial charge in [0.05, 0.1) is 0 Å². The number of pyridine rings is 1. The van der Waals surface area contributed by atoms with E-state index in [0.29, 0.717) is 5.92 Å². The molecular formula is C20H23N5. The van der Waals surface area contributed by atoms with Crippen molar-refractivity contribution in [1.29, 1.82) is 0 Å². The van der Waals surface area contributed by atoms with E-state index in [0.717, 1.165) is 30.2 Å². The quantitative estimate of drug-likeness (QED) is 0.733. The fraction of sp³-hybridized carbons (Fsp3) is 0.350. The molecule has 0 bridgehead atoms. The summed E-state index contributed by atoms with van der Waals surface area (Å²) in [4.78, 5) is 4.82. The molecule has 5 nitrogen and oxygen atoms in total. The maximum atomic E-state index is 4.82. The summed E-state index contributed by atoms with van der Waals surface area (Å²) in [6.45, 7) is 3.10. The summed E-state index contributed by atoms with van der Waals surface area (Å²) >= 11 is 0. The van der Waals surface area contributed by atoms with Crippen molar-refractivity contribution in [3.05, 3.63) is 48.4 Å². The molecule has 0 radical (unpaired) electrons. The van der Waals surface area contributed by atoms with Gasteiger partial charge in [-0.05, 0) is 42.5 Å². The summed E-state index contributed by atoms with van der Waals surface area (Å²) in [5.74, 6) is 2.46. The van der Waals surface area contributed by atoms with Gasteiger partial charge in [0.15, 0.2) is 5.82 Å². The lowest BCUT2D eigenvalue weighted by atomic mass is 9.98. The average Bonchev–Trinajstić information content (AvgIpc) is 3.41. The van der Waals surface area contributed by atoms with Crippen molar-refractivity contribution >= 4 is 5.82 Å². The molecule has 2 aromatic heterocycles. The average molecular weight is 333 g/mol. The van der Waals surface area contributed by atoms with Crippen molar-refractivity contribution in [2.24, 2.45) is 7.05 Å². The van der Waals surface area contributed by atoms with Crippen LogP contribution in [0.25, 0.3) is 22.5 Å². The Balaban J connectivity index is 1.82. The summed E-state index contributed by atoms with van der Waals surface area (Å²) in [7, 11) is 1.97. The summed E-state index contributed by atoms with van der Waals surface area (Å²) in [6.07, 6.45) is 5.31. The largest absolute Gasteiger partial charge is 0.370 e. The predicted octanol–water partition coefficient (Wildman–Crippen LogP) is 4.24. The highest BCUT2D eigenvalue weighted by Crippen LogP contribution is 2.41. The van der Waals surface area contributed by atoms with E-state index in [-0.39, 0.29) is 0 Å². The van der Waals surface area contributed by atoms with E-state index >= 15 is 0 Å². The van der Waals surface area contributed by atoms with Crippen molar-refractivity contribution in [3.63, 3.8) is 0 Å². The SMILES string of the molecule is CCCNc1cc(-c2ccccc2-c2nncn2C)cc(C2CC2)n1. The van der Waals surface area contributed by atoms with Crippen LogP contribution < -0.4 is 5.32 Å². The van der Waals surface area contributed by atoms with Gasteiger partial charge >= 0.3 is 0 Å². The van der Waals surface area contributed by atoms with Crippen LogP contribution in [-0.4, -0.2) is 26.3 Å². The van der Waals surface area contributed by atoms with Crippen LogP contribution in [-0.2, 0) is 7.05 Å². The number of aromatic nitrogens is 4. The number of rotatable bonds is 6. The van der Waals surface area contributed by atoms with Crippen LogP contribution in [0.2, 0.25) is 0 Å². The molecule has 0 spiro atoms. The van der Waals surface area contributed by atoms with E-state index in [1.165, 1.54) is 29.7 Å². The lowest BCUT2D eigenvalue weighted by Gasteiger charge is -2.13. The zero-order valence-electron chi connectivity index (χ0n) is 14.7. The third-order valence-electron chi connectivity index (χ3n) is 4.59. The van der Waals surface area contributed by atoms with Gasteiger partial charge in [-0.15, -0.1) is 10.2 Å². The Bertz CT molecular complexity index is 879. The summed E-state index contributed by atoms with van der Waals surface area (Å²) < 4.78 is 1.96. The Morgan fingerprint density at radius 2 is 1.96 bits per heavy atom. The third kappa shape index (κ3) is 3.27. The molecule has 1 aliphatic rings. The van der Waals surface area contributed by atoms with Gasteiger partial charge in [0, 0.05) is 30.8 Å². The minimum absolute atomic E-state index is 0.615. The van der Waals surface area contributed by atoms with Gasteiger partial charge in [0.25, 0.3) is 0 Å². The Morgan fingerprint density at radius 3 is 2.64 bits per heavy atom. The molecule has 3 aromatic rings. The van der Waals surface area contributed by atoms with Crippen LogP contribution in [0.5, 0.6) is 0 Å². The highest BCUT2D eigenvalue weighted by Gasteiger charge is 2.26. The first kappa shape index (κ1) is 15.8. The van der Waals surface area contributed by atoms with Gasteiger partial charge in [-0.3, -0.25) is 0 Å². The number of aryl methyl sites for hydroxylation is 1. The molecule has 1 fully saturated rings. The summed E-state index contributed by atoms with van der Waals surface area (Å²) in [5, 5.41) is 11.8. The number of benzene rings is 1. The molecule has 0 amide bonds. The van der Waals surface area contributed by atoms with Gasteiger partial charge in [-0.2, -0.15) is 0 Å². The first-order chi connectivity index (χ1) is 12.3. The van der Waals surface area contributed by atoms with Gasteiger partial charge in [0.2, 0.25) is 0 Å². The predicted molar refractivity (Wildman–Crippen MR) is 100 cm³/mol. The van der Waals surface area contributed by atoms with Gasteiger partial charge in [0.1, 0.15) is 12.1 Å². The molecular weight excluding hydrogens is 310 g/mol. The summed E-state index contributed by atoms with van der Waals surface area (Å²) in [6, 6.07) is 12.8. The van der Waals surface area contributed by atoms with E-state index in [1.807, 2.05) is 17.7 Å². The molecule has 1 aliphatic carbocycles. The molecule has 4 rings (SSSR count). The second-order valence-corrected chi connectivity index (χ2v) is 6.68. The Labute approximate surface area is 148 Å². The zero-order chi connectivity index (χ0) is 17.2. The van der Waals surface area contributed by atoms with Crippen LogP contribution in [0, 0.1) is 0 Å². The first-order valence-electron chi connectivity index (χ1n) is 8.96. The van der Waals surface area contributed by atoms with E-state index in [2.05, 4.69) is 52.8 Å². The Hall–Kier alpha value is -2.69. The smallest absolute Gasteiger partial charge is 0.164 e. The molecule has 0 aliphatic heterocycles. The van der Waals surface area contributed by atoms with E-state index in [4.69, 9.17) is 4.98 Å². The van der Waals surface area contributed by atoms with Gasteiger partial charge in [-0.25, -0.2) is 4.98 Å². The van der Waals surface area contributed by atoms with Gasteiger partial charge in [-0.1, -0.05) is 31.2 Å². The molecule has 0 unspecified atom stereocenters. The highest BCUT2D eigenvalue weighted by atomic mass is 15.2. The van der Waals surface area contributed by atoms with Crippen LogP contribution in [0.1, 0.15) is 37.8 Å². The molecule has 128 valence electrons. The van der Waals surface area contributed by atoms with Crippen molar-refractivity contribution in [3.8, 4) is 22.5 Å². The molecule has 1 N–H and O–H groups in total. The number of hydrogen-bond donors (Lipinski definition) is 1. The number of anilines is 1. The molecule has 0 saturated heterocycles. The van der Waals surface area contributed by atoms with Crippen molar-refractivity contribution < 1.29 is 0 Å². The topological polar surface area (TPSA) is 55.6 Å². The van der Waals surface area contributed by atoms with Crippen molar-refractivity contribution in [1.82, 2.24) is 19.7 Å². The molecule has 1 aromatic carbocycles. The minimum atomic E-state index is 0.615. The third-order valence-corrected chi connectivity index (χ3v) is 4.59. The first-order valence-corrected chi connectivity index (χ1v) is 8.96. The second kappa shape index (κ2) is 6.67. The second-order valence-electron chi connectivity index (χ2n) is 6.68. The standard InChI is InChI=1S/C20H23N5/c1-3-10-21-19-12-15(11-18(23-19)14-8-9-14)16-6-4-5-7-17(16)20-24-22-13-25(20)2/h4-7,11-14H,3,8-10H2,1-2H3,(H,21,23). The zero-order valence-corrected chi connectivity index (χ0v) is 14.7. The minimum Gasteiger partial charge on any atom is -0.370 e. The monoisotopic (exact) mass is 333 g/mol. The number of nitrogens with zero attached hydrogens (tertiary/aromatic N) is 4. The molecule has 1 saturated carbocycles. The maximum absolute atomic E-state index is 4.82. The van der Waals surface area contributed by atoms with E-state index < -0.39 is 0 Å². The fourth-order valence-electron chi connectivity index (χ4n) is 3.10. The highest BCUT2D eigenvalue weighted by molar-refractivity contribution is 5.81. The molecule has 2 heterocycles. The van der Waals surface area contributed by atoms with Crippen LogP contribution in [0.15, 0.2) is 42.7 Å². The lowest BCUT2D eigenvalue weighted by Crippen LogP contribution is -2.04. The molecule has 0 atom stereocenters. The normalized spacial score (nSPS) is 13.8. The van der Waals surface area contributed by atoms with Crippen molar-refractivity contribution in [2.75, 3.05) is 11.9 Å². The lowest BCUT2D eigenvalue weighted by molar-refractivity contribution is 0.920. The van der Waals surface area contributed by atoms with Crippen LogP contribution in [0.4, 0.5) is 5.82 Å². The van der Waals surface area contributed by atoms with Crippen molar-refractivity contribution in [2.45, 2.75) is 32.1 Å².